The number of amides is 1. The maximum Gasteiger partial charge on any atom is 0.253 e. The van der Waals surface area contributed by atoms with Crippen molar-refractivity contribution < 1.29 is 4.79 Å². The van der Waals surface area contributed by atoms with Crippen molar-refractivity contribution in [2.24, 2.45) is 0 Å². The Kier molecular flexibility index (Phi) is 6.24. The molecule has 0 radical (unpaired) electrons. The summed E-state index contributed by atoms with van der Waals surface area (Å²) in [5, 5.41) is 8.99. The maximum atomic E-state index is 12.6. The van der Waals surface area contributed by atoms with Gasteiger partial charge in [0.15, 0.2) is 0 Å². The molecule has 1 heterocycles. The highest BCUT2D eigenvalue weighted by Crippen LogP contribution is 2.23. The minimum Gasteiger partial charge on any atom is -0.337 e. The molecule has 2 aromatic carbocycles. The number of carbonyl (C=O) groups is 1. The molecule has 0 bridgehead atoms. The summed E-state index contributed by atoms with van der Waals surface area (Å²) in [7, 11) is 1.77. The van der Waals surface area contributed by atoms with E-state index in [2.05, 4.69) is 11.1 Å². The van der Waals surface area contributed by atoms with Crippen LogP contribution >= 0.6 is 11.8 Å². The maximum absolute atomic E-state index is 12.6. The molecule has 4 nitrogen and oxygen atoms in total. The highest BCUT2D eigenvalue weighted by atomic mass is 32.2. The first kappa shape index (κ1) is 18.7. The Morgan fingerprint density at radius 3 is 2.59 bits per heavy atom. The monoisotopic (exact) mass is 373 g/mol. The number of rotatable bonds is 6. The minimum absolute atomic E-state index is 0.0406. The van der Waals surface area contributed by atoms with Gasteiger partial charge < -0.3 is 4.90 Å². The van der Waals surface area contributed by atoms with Crippen molar-refractivity contribution in [3.63, 3.8) is 0 Å². The fraction of sp³-hybridized carbons (Fsp3) is 0.136. The largest absolute Gasteiger partial charge is 0.337 e. The van der Waals surface area contributed by atoms with E-state index in [4.69, 9.17) is 5.26 Å². The quantitative estimate of drug-likeness (QED) is 0.596. The van der Waals surface area contributed by atoms with Crippen LogP contribution in [-0.4, -0.2) is 22.8 Å². The number of benzene rings is 2. The van der Waals surface area contributed by atoms with Gasteiger partial charge in [0, 0.05) is 42.2 Å². The Morgan fingerprint density at radius 2 is 1.89 bits per heavy atom. The summed E-state index contributed by atoms with van der Waals surface area (Å²) in [5.41, 5.74) is 3.36. The first-order chi connectivity index (χ1) is 13.2. The van der Waals surface area contributed by atoms with Gasteiger partial charge in [-0.25, -0.2) is 0 Å². The number of hydrogen-bond acceptors (Lipinski definition) is 4. The fourth-order valence-corrected chi connectivity index (χ4v) is 3.48. The van der Waals surface area contributed by atoms with Crippen LogP contribution in [0.3, 0.4) is 0 Å². The van der Waals surface area contributed by atoms with Crippen LogP contribution in [0, 0.1) is 11.3 Å². The van der Waals surface area contributed by atoms with E-state index in [1.165, 1.54) is 5.56 Å². The van der Waals surface area contributed by atoms with Gasteiger partial charge in [-0.05, 0) is 53.6 Å². The summed E-state index contributed by atoms with van der Waals surface area (Å²) < 4.78 is 0. The molecule has 0 atom stereocenters. The van der Waals surface area contributed by atoms with Gasteiger partial charge in [-0.15, -0.1) is 11.8 Å². The van der Waals surface area contributed by atoms with E-state index in [1.54, 1.807) is 36.0 Å². The first-order valence-corrected chi connectivity index (χ1v) is 9.50. The van der Waals surface area contributed by atoms with Crippen LogP contribution in [-0.2, 0) is 12.3 Å². The normalized spacial score (nSPS) is 10.2. The molecule has 3 aromatic rings. The van der Waals surface area contributed by atoms with Crippen molar-refractivity contribution >= 4 is 17.7 Å². The third kappa shape index (κ3) is 5.19. The van der Waals surface area contributed by atoms with Crippen LogP contribution in [0.5, 0.6) is 0 Å². The zero-order chi connectivity index (χ0) is 19.1. The molecule has 5 heteroatoms. The molecule has 3 rings (SSSR count). The van der Waals surface area contributed by atoms with Crippen LogP contribution in [0.25, 0.3) is 0 Å². The van der Waals surface area contributed by atoms with E-state index < -0.39 is 0 Å². The van der Waals surface area contributed by atoms with Crippen LogP contribution < -0.4 is 0 Å². The lowest BCUT2D eigenvalue weighted by atomic mass is 10.1. The number of nitriles is 1. The molecule has 134 valence electrons. The first-order valence-electron chi connectivity index (χ1n) is 8.52. The summed E-state index contributed by atoms with van der Waals surface area (Å²) in [6.45, 7) is 0.464. The topological polar surface area (TPSA) is 57.0 Å². The average Bonchev–Trinajstić information content (AvgIpc) is 2.73. The van der Waals surface area contributed by atoms with E-state index in [-0.39, 0.29) is 5.91 Å². The van der Waals surface area contributed by atoms with Gasteiger partial charge in [-0.1, -0.05) is 18.2 Å². The van der Waals surface area contributed by atoms with Gasteiger partial charge in [0.1, 0.15) is 0 Å². The summed E-state index contributed by atoms with van der Waals surface area (Å²) in [6.07, 6.45) is 3.63. The Labute approximate surface area is 163 Å². The van der Waals surface area contributed by atoms with Gasteiger partial charge in [-0.2, -0.15) is 5.26 Å². The molecule has 1 amide bonds. The van der Waals surface area contributed by atoms with E-state index in [9.17, 15) is 4.79 Å². The highest BCUT2D eigenvalue weighted by Gasteiger charge is 2.12. The lowest BCUT2D eigenvalue weighted by Crippen LogP contribution is -2.26. The minimum atomic E-state index is -0.0406. The van der Waals surface area contributed by atoms with Crippen molar-refractivity contribution in [1.29, 1.82) is 5.26 Å². The lowest BCUT2D eigenvalue weighted by molar-refractivity contribution is 0.0785. The second-order valence-electron chi connectivity index (χ2n) is 6.15. The molecule has 1 aromatic heterocycles. The van der Waals surface area contributed by atoms with Gasteiger partial charge >= 0.3 is 0 Å². The third-order valence-electron chi connectivity index (χ3n) is 4.05. The van der Waals surface area contributed by atoms with E-state index in [0.29, 0.717) is 17.7 Å². The fourth-order valence-electron chi connectivity index (χ4n) is 2.65. The Hall–Kier alpha value is -3.10. The molecule has 0 fully saturated rings. The van der Waals surface area contributed by atoms with Crippen LogP contribution in [0.1, 0.15) is 27.0 Å². The van der Waals surface area contributed by atoms with E-state index in [0.717, 1.165) is 16.2 Å². The van der Waals surface area contributed by atoms with Crippen molar-refractivity contribution in [2.75, 3.05) is 7.05 Å². The molecular weight excluding hydrogens is 354 g/mol. The Balaban J connectivity index is 1.60. The molecule has 0 spiro atoms. The number of hydrogen-bond donors (Lipinski definition) is 0. The number of aromatic nitrogens is 1. The van der Waals surface area contributed by atoms with Crippen molar-refractivity contribution in [2.45, 2.75) is 17.2 Å². The number of nitrogens with zero attached hydrogens (tertiary/aromatic N) is 3. The Bertz CT molecular complexity index is 949. The van der Waals surface area contributed by atoms with E-state index >= 15 is 0 Å². The number of carbonyl (C=O) groups excluding carboxylic acids is 1. The summed E-state index contributed by atoms with van der Waals surface area (Å²) in [4.78, 5) is 19.5. The average molecular weight is 373 g/mol. The molecule has 0 saturated heterocycles. The summed E-state index contributed by atoms with van der Waals surface area (Å²) in [6, 6.07) is 21.1. The standard InChI is InChI=1S/C22H19N3OS/c1-25(15-18-5-2-4-17(12-18)13-23)22(26)20-7-9-21(10-8-20)27-16-19-6-3-11-24-14-19/h2-12,14H,15-16H2,1H3. The summed E-state index contributed by atoms with van der Waals surface area (Å²) >= 11 is 1.71. The number of pyridine rings is 1. The highest BCUT2D eigenvalue weighted by molar-refractivity contribution is 7.98. The number of thioether (sulfide) groups is 1. The third-order valence-corrected chi connectivity index (χ3v) is 5.14. The van der Waals surface area contributed by atoms with Crippen LogP contribution in [0.15, 0.2) is 78.0 Å². The van der Waals surface area contributed by atoms with Gasteiger partial charge in [0.25, 0.3) is 5.91 Å². The van der Waals surface area contributed by atoms with Crippen LogP contribution in [0.2, 0.25) is 0 Å². The van der Waals surface area contributed by atoms with Crippen molar-refractivity contribution in [3.8, 4) is 6.07 Å². The molecule has 0 aliphatic heterocycles. The lowest BCUT2D eigenvalue weighted by Gasteiger charge is -2.17. The molecule has 0 saturated carbocycles. The summed E-state index contributed by atoms with van der Waals surface area (Å²) in [5.74, 6) is 0.803. The van der Waals surface area contributed by atoms with Gasteiger partial charge in [-0.3, -0.25) is 9.78 Å². The second-order valence-corrected chi connectivity index (χ2v) is 7.20. The molecule has 27 heavy (non-hydrogen) atoms. The molecule has 0 unspecified atom stereocenters. The zero-order valence-electron chi connectivity index (χ0n) is 15.0. The van der Waals surface area contributed by atoms with Gasteiger partial charge in [0.05, 0.1) is 11.6 Å². The van der Waals surface area contributed by atoms with Gasteiger partial charge in [0.2, 0.25) is 0 Å². The molecule has 0 aliphatic rings. The smallest absolute Gasteiger partial charge is 0.253 e. The molecule has 0 N–H and O–H groups in total. The molecular formula is C22H19N3OS. The predicted octanol–water partition coefficient (Wildman–Crippen LogP) is 4.52. The SMILES string of the molecule is CN(Cc1cccc(C#N)c1)C(=O)c1ccc(SCc2cccnc2)cc1. The van der Waals surface area contributed by atoms with E-state index in [1.807, 2.05) is 60.8 Å². The Morgan fingerprint density at radius 1 is 1.11 bits per heavy atom. The molecule has 0 aliphatic carbocycles. The van der Waals surface area contributed by atoms with Crippen LogP contribution in [0.4, 0.5) is 0 Å². The zero-order valence-corrected chi connectivity index (χ0v) is 15.8. The second kappa shape index (κ2) is 9.02. The van der Waals surface area contributed by atoms with Crippen molar-refractivity contribution in [1.82, 2.24) is 9.88 Å². The predicted molar refractivity (Wildman–Crippen MR) is 107 cm³/mol. The van der Waals surface area contributed by atoms with Crippen molar-refractivity contribution in [3.05, 3.63) is 95.3 Å².